The quantitative estimate of drug-likeness (QED) is 0.629. The van der Waals surface area contributed by atoms with Crippen molar-refractivity contribution in [3.8, 4) is 0 Å². The highest BCUT2D eigenvalue weighted by Crippen LogP contribution is 2.13. The topological polar surface area (TPSA) is 52.3 Å². The Morgan fingerprint density at radius 1 is 1.54 bits per heavy atom. The maximum absolute atomic E-state index is 5.48. The molecule has 5 heteroatoms. The van der Waals surface area contributed by atoms with Gasteiger partial charge in [-0.15, -0.1) is 10.2 Å². The Labute approximate surface area is 76.4 Å². The Balaban J connectivity index is 2.07. The van der Waals surface area contributed by atoms with E-state index in [1.54, 1.807) is 17.3 Å². The van der Waals surface area contributed by atoms with Crippen LogP contribution in [0.1, 0.15) is 19.8 Å². The zero-order valence-corrected chi connectivity index (χ0v) is 7.55. The molecule has 0 radical (unpaired) electrons. The minimum Gasteiger partial charge on any atom is -0.372 e. The lowest BCUT2D eigenvalue weighted by Gasteiger charge is -2.07. The molecule has 1 fully saturated rings. The molecular weight excluding hydrogens is 168 g/mol. The summed E-state index contributed by atoms with van der Waals surface area (Å²) in [6, 6.07) is 0. The molecule has 1 aromatic heterocycles. The van der Waals surface area contributed by atoms with E-state index in [4.69, 9.17) is 4.74 Å². The summed E-state index contributed by atoms with van der Waals surface area (Å²) in [6.45, 7) is 2.82. The Kier molecular flexibility index (Phi) is 2.35. The molecule has 13 heavy (non-hydrogen) atoms. The molecule has 1 saturated heterocycles. The third-order valence-corrected chi connectivity index (χ3v) is 2.08. The van der Waals surface area contributed by atoms with Gasteiger partial charge in [0.2, 0.25) is 0 Å². The Morgan fingerprint density at radius 2 is 2.31 bits per heavy atom. The summed E-state index contributed by atoms with van der Waals surface area (Å²) in [4.78, 5) is 0. The lowest BCUT2D eigenvalue weighted by atomic mass is 10.2. The maximum atomic E-state index is 5.48. The number of rotatable bonds is 2. The molecular formula is C8H12N4O. The van der Waals surface area contributed by atoms with E-state index in [1.807, 2.05) is 6.92 Å². The number of hydrogen-bond donors (Lipinski definition) is 0. The predicted molar refractivity (Wildman–Crippen MR) is 47.5 cm³/mol. The van der Waals surface area contributed by atoms with Crippen molar-refractivity contribution >= 4 is 5.71 Å². The maximum Gasteiger partial charge on any atom is 0.141 e. The van der Waals surface area contributed by atoms with Gasteiger partial charge in [-0.1, -0.05) is 0 Å². The molecule has 0 N–H and O–H groups in total. The summed E-state index contributed by atoms with van der Waals surface area (Å²) in [5, 5.41) is 11.6. The van der Waals surface area contributed by atoms with E-state index in [0.717, 1.165) is 25.2 Å². The van der Waals surface area contributed by atoms with Crippen molar-refractivity contribution in [3.05, 3.63) is 12.7 Å². The van der Waals surface area contributed by atoms with Crippen LogP contribution < -0.4 is 0 Å². The molecule has 2 heterocycles. The fraction of sp³-hybridized carbons (Fsp3) is 0.625. The molecule has 0 bridgehead atoms. The van der Waals surface area contributed by atoms with Crippen LogP contribution in [-0.4, -0.2) is 33.3 Å². The first-order valence-electron chi connectivity index (χ1n) is 4.38. The molecule has 0 amide bonds. The van der Waals surface area contributed by atoms with Gasteiger partial charge in [0.25, 0.3) is 0 Å². The molecule has 0 saturated carbocycles. The third kappa shape index (κ3) is 1.92. The van der Waals surface area contributed by atoms with Crippen LogP contribution in [0.5, 0.6) is 0 Å². The van der Waals surface area contributed by atoms with Crippen molar-refractivity contribution in [2.75, 3.05) is 6.61 Å². The number of ether oxygens (including phenoxy) is 1. The molecule has 0 spiro atoms. The van der Waals surface area contributed by atoms with Crippen molar-refractivity contribution < 1.29 is 4.74 Å². The van der Waals surface area contributed by atoms with Gasteiger partial charge in [-0.05, 0) is 19.8 Å². The van der Waals surface area contributed by atoms with E-state index < -0.39 is 0 Å². The van der Waals surface area contributed by atoms with Crippen molar-refractivity contribution in [2.45, 2.75) is 25.9 Å². The molecule has 1 aliphatic rings. The zero-order valence-electron chi connectivity index (χ0n) is 7.55. The Hall–Kier alpha value is -1.23. The van der Waals surface area contributed by atoms with Gasteiger partial charge in [0.15, 0.2) is 0 Å². The van der Waals surface area contributed by atoms with E-state index in [-0.39, 0.29) is 6.10 Å². The third-order valence-electron chi connectivity index (χ3n) is 2.08. The SMILES string of the molecule is C/C(=N/n1cnnc1)C1CCCO1. The van der Waals surface area contributed by atoms with Gasteiger partial charge in [0.1, 0.15) is 12.7 Å². The average molecular weight is 180 g/mol. The van der Waals surface area contributed by atoms with Crippen molar-refractivity contribution in [1.82, 2.24) is 14.9 Å². The van der Waals surface area contributed by atoms with Gasteiger partial charge in [-0.2, -0.15) is 5.10 Å². The number of hydrogen-bond acceptors (Lipinski definition) is 4. The Morgan fingerprint density at radius 3 is 2.92 bits per heavy atom. The van der Waals surface area contributed by atoms with Gasteiger partial charge in [0.05, 0.1) is 11.8 Å². The van der Waals surface area contributed by atoms with Crippen LogP contribution in [0.3, 0.4) is 0 Å². The van der Waals surface area contributed by atoms with Gasteiger partial charge >= 0.3 is 0 Å². The van der Waals surface area contributed by atoms with Gasteiger partial charge < -0.3 is 4.74 Å². The standard InChI is InChI=1S/C8H12N4O/c1-7(8-3-2-4-13-8)11-12-5-9-10-6-12/h5-6,8H,2-4H2,1H3/b11-7-. The fourth-order valence-corrected chi connectivity index (χ4v) is 1.40. The largest absolute Gasteiger partial charge is 0.372 e. The van der Waals surface area contributed by atoms with Crippen LogP contribution in [-0.2, 0) is 4.74 Å². The molecule has 5 nitrogen and oxygen atoms in total. The number of aromatic nitrogens is 3. The molecule has 2 rings (SSSR count). The van der Waals surface area contributed by atoms with Gasteiger partial charge in [-0.3, -0.25) is 0 Å². The van der Waals surface area contributed by atoms with Crippen LogP contribution in [0.25, 0.3) is 0 Å². The first kappa shape index (κ1) is 8.37. The minimum absolute atomic E-state index is 0.183. The highest BCUT2D eigenvalue weighted by Gasteiger charge is 2.18. The molecule has 1 atom stereocenters. The monoisotopic (exact) mass is 180 g/mol. The van der Waals surface area contributed by atoms with Gasteiger partial charge in [0, 0.05) is 6.61 Å². The summed E-state index contributed by atoms with van der Waals surface area (Å²) in [6.07, 6.45) is 5.51. The lowest BCUT2D eigenvalue weighted by molar-refractivity contribution is 0.157. The van der Waals surface area contributed by atoms with Gasteiger partial charge in [-0.25, -0.2) is 4.68 Å². The highest BCUT2D eigenvalue weighted by molar-refractivity contribution is 5.86. The molecule has 0 aliphatic carbocycles. The van der Waals surface area contributed by atoms with Crippen LogP contribution in [0.4, 0.5) is 0 Å². The molecule has 1 unspecified atom stereocenters. The summed E-state index contributed by atoms with van der Waals surface area (Å²) in [5.74, 6) is 0. The zero-order chi connectivity index (χ0) is 9.10. The highest BCUT2D eigenvalue weighted by atomic mass is 16.5. The van der Waals surface area contributed by atoms with E-state index in [0.29, 0.717) is 0 Å². The smallest absolute Gasteiger partial charge is 0.141 e. The number of nitrogens with zero attached hydrogens (tertiary/aromatic N) is 4. The van der Waals surface area contributed by atoms with Crippen molar-refractivity contribution in [1.29, 1.82) is 0 Å². The normalized spacial score (nSPS) is 23.8. The second-order valence-electron chi connectivity index (χ2n) is 3.08. The van der Waals surface area contributed by atoms with E-state index >= 15 is 0 Å². The summed E-state index contributed by atoms with van der Waals surface area (Å²) in [5.41, 5.74) is 0.984. The van der Waals surface area contributed by atoms with Crippen LogP contribution in [0.2, 0.25) is 0 Å². The Bertz CT molecular complexity index is 287. The summed E-state index contributed by atoms with van der Waals surface area (Å²) < 4.78 is 7.07. The fourth-order valence-electron chi connectivity index (χ4n) is 1.40. The minimum atomic E-state index is 0.183. The summed E-state index contributed by atoms with van der Waals surface area (Å²) in [7, 11) is 0. The molecule has 1 aliphatic heterocycles. The second-order valence-corrected chi connectivity index (χ2v) is 3.08. The van der Waals surface area contributed by atoms with Crippen molar-refractivity contribution in [3.63, 3.8) is 0 Å². The first-order valence-corrected chi connectivity index (χ1v) is 4.38. The molecule has 70 valence electrons. The summed E-state index contributed by atoms with van der Waals surface area (Å²) >= 11 is 0. The second kappa shape index (κ2) is 3.66. The van der Waals surface area contributed by atoms with Crippen LogP contribution >= 0.6 is 0 Å². The van der Waals surface area contributed by atoms with E-state index in [1.165, 1.54) is 0 Å². The van der Waals surface area contributed by atoms with Crippen LogP contribution in [0, 0.1) is 0 Å². The average Bonchev–Trinajstić information content (AvgIpc) is 2.74. The molecule has 0 aromatic carbocycles. The van der Waals surface area contributed by atoms with E-state index in [2.05, 4.69) is 15.3 Å². The predicted octanol–water partition coefficient (Wildman–Crippen LogP) is 0.681. The first-order chi connectivity index (χ1) is 6.36. The molecule has 1 aromatic rings. The van der Waals surface area contributed by atoms with E-state index in [9.17, 15) is 0 Å². The van der Waals surface area contributed by atoms with Crippen molar-refractivity contribution in [2.24, 2.45) is 5.10 Å². The lowest BCUT2D eigenvalue weighted by Crippen LogP contribution is -2.17. The van der Waals surface area contributed by atoms with Crippen LogP contribution in [0.15, 0.2) is 17.8 Å².